The maximum atomic E-state index is 12.4. The Kier molecular flexibility index (Phi) is 10.5. The molecular formula is C29H46N2O6. The lowest BCUT2D eigenvalue weighted by Gasteiger charge is -2.30. The van der Waals surface area contributed by atoms with Crippen molar-refractivity contribution < 1.29 is 28.6 Å². The number of ether oxygens (including phenoxy) is 3. The van der Waals surface area contributed by atoms with Crippen LogP contribution in [0.2, 0.25) is 0 Å². The Morgan fingerprint density at radius 2 is 1.73 bits per heavy atom. The molecule has 2 N–H and O–H groups in total. The van der Waals surface area contributed by atoms with Gasteiger partial charge in [0.05, 0.1) is 36.7 Å². The second-order valence-electron chi connectivity index (χ2n) is 11.9. The summed E-state index contributed by atoms with van der Waals surface area (Å²) in [6.45, 7) is 12.2. The zero-order valence-electron chi connectivity index (χ0n) is 23.3. The quantitative estimate of drug-likeness (QED) is 0.271. The van der Waals surface area contributed by atoms with Gasteiger partial charge in [-0.25, -0.2) is 4.79 Å². The van der Waals surface area contributed by atoms with E-state index in [0.717, 1.165) is 43.6 Å². The Balaban J connectivity index is 1.41. The molecule has 0 bridgehead atoms. The Hall–Kier alpha value is -2.08. The normalized spacial score (nSPS) is 25.6. The van der Waals surface area contributed by atoms with Crippen molar-refractivity contribution >= 4 is 12.1 Å². The summed E-state index contributed by atoms with van der Waals surface area (Å²) >= 11 is 0. The Bertz CT molecular complexity index is 869. The highest BCUT2D eigenvalue weighted by atomic mass is 16.8. The molecule has 8 heteroatoms. The molecule has 0 spiro atoms. The van der Waals surface area contributed by atoms with Crippen molar-refractivity contribution in [2.75, 3.05) is 26.4 Å². The molecule has 8 nitrogen and oxygen atoms in total. The number of nitrogens with zero attached hydrogens (tertiary/aromatic N) is 1. The number of nitrogens with two attached hydrogens (primary N) is 1. The van der Waals surface area contributed by atoms with Crippen LogP contribution in [-0.4, -0.2) is 54.7 Å². The molecule has 2 unspecified atom stereocenters. The average molecular weight is 519 g/mol. The van der Waals surface area contributed by atoms with Gasteiger partial charge in [-0.2, -0.15) is 0 Å². The topological polar surface area (TPSA) is 100 Å². The van der Waals surface area contributed by atoms with E-state index in [1.165, 1.54) is 0 Å². The highest BCUT2D eigenvalue weighted by Crippen LogP contribution is 2.52. The molecule has 2 aliphatic carbocycles. The minimum absolute atomic E-state index is 0.0292. The Morgan fingerprint density at radius 1 is 1.08 bits per heavy atom. The molecule has 0 aromatic carbocycles. The molecule has 0 aromatic rings. The molecule has 2 fully saturated rings. The van der Waals surface area contributed by atoms with E-state index >= 15 is 0 Å². The number of amides is 1. The van der Waals surface area contributed by atoms with Gasteiger partial charge in [-0.3, -0.25) is 9.63 Å². The SMILES string of the molecule is CC(/C=C1/CCC(=O)N1OC(=O)OCC1[C@H]2CCC#CCC[C@@H]12)COC(C)(C)CCOC(C)(C)CCN. The van der Waals surface area contributed by atoms with Gasteiger partial charge < -0.3 is 19.9 Å². The second kappa shape index (κ2) is 13.1. The fourth-order valence-corrected chi connectivity index (χ4v) is 5.20. The highest BCUT2D eigenvalue weighted by Gasteiger charge is 2.49. The van der Waals surface area contributed by atoms with Crippen molar-refractivity contribution in [3.8, 4) is 11.8 Å². The minimum Gasteiger partial charge on any atom is -0.432 e. The Morgan fingerprint density at radius 3 is 2.38 bits per heavy atom. The molecule has 1 amide bonds. The van der Waals surface area contributed by atoms with Gasteiger partial charge >= 0.3 is 6.16 Å². The molecule has 37 heavy (non-hydrogen) atoms. The fourth-order valence-electron chi connectivity index (χ4n) is 5.20. The van der Waals surface area contributed by atoms with Crippen molar-refractivity contribution in [3.05, 3.63) is 11.8 Å². The summed E-state index contributed by atoms with van der Waals surface area (Å²) in [7, 11) is 0. The van der Waals surface area contributed by atoms with E-state index < -0.39 is 6.16 Å². The van der Waals surface area contributed by atoms with E-state index in [2.05, 4.69) is 11.8 Å². The molecule has 0 aromatic heterocycles. The summed E-state index contributed by atoms with van der Waals surface area (Å²) < 4.78 is 17.5. The zero-order valence-corrected chi connectivity index (χ0v) is 23.3. The standard InChI is InChI=1S/C29H46N2O6/c1-21(19-36-29(4,5)15-17-35-28(2,3)14-16-30)18-22-12-13-26(32)31(22)37-27(33)34-20-25-23-10-8-6-7-9-11-24(23)25/h18,21,23-25H,8-17,19-20,30H2,1-5H3/b22-18-/t21?,23-,24+,25?. The molecule has 3 aliphatic rings. The van der Waals surface area contributed by atoms with Gasteiger partial charge in [-0.05, 0) is 90.0 Å². The van der Waals surface area contributed by atoms with Crippen LogP contribution in [0.1, 0.15) is 86.0 Å². The molecule has 1 aliphatic heterocycles. The average Bonchev–Trinajstić information content (AvgIpc) is 3.33. The van der Waals surface area contributed by atoms with E-state index in [9.17, 15) is 9.59 Å². The lowest BCUT2D eigenvalue weighted by Crippen LogP contribution is -2.33. The van der Waals surface area contributed by atoms with Crippen LogP contribution in [-0.2, 0) is 23.8 Å². The van der Waals surface area contributed by atoms with Gasteiger partial charge in [-0.1, -0.05) is 13.0 Å². The smallest absolute Gasteiger partial charge is 0.432 e. The third kappa shape index (κ3) is 9.31. The van der Waals surface area contributed by atoms with Crippen molar-refractivity contribution in [2.24, 2.45) is 29.4 Å². The van der Waals surface area contributed by atoms with Crippen LogP contribution in [0.5, 0.6) is 0 Å². The first-order chi connectivity index (χ1) is 17.5. The fraction of sp³-hybridized carbons (Fsp3) is 0.793. The number of hydrogen-bond donors (Lipinski definition) is 1. The van der Waals surface area contributed by atoms with Crippen LogP contribution in [0.4, 0.5) is 4.79 Å². The van der Waals surface area contributed by atoms with Crippen LogP contribution in [0.25, 0.3) is 0 Å². The van der Waals surface area contributed by atoms with E-state index in [1.54, 1.807) is 0 Å². The van der Waals surface area contributed by atoms with E-state index in [0.29, 0.717) is 62.7 Å². The molecule has 1 heterocycles. The van der Waals surface area contributed by atoms with Gasteiger partial charge in [0.1, 0.15) is 0 Å². The van der Waals surface area contributed by atoms with Crippen LogP contribution in [0.3, 0.4) is 0 Å². The van der Waals surface area contributed by atoms with E-state index in [4.69, 9.17) is 24.8 Å². The number of hydroxylamine groups is 2. The molecule has 1 saturated heterocycles. The lowest BCUT2D eigenvalue weighted by atomic mass is 10.0. The maximum Gasteiger partial charge on any atom is 0.533 e. The number of allylic oxidation sites excluding steroid dienone is 1. The molecule has 4 atom stereocenters. The van der Waals surface area contributed by atoms with Crippen molar-refractivity contribution in [3.63, 3.8) is 0 Å². The first-order valence-electron chi connectivity index (χ1n) is 13.8. The highest BCUT2D eigenvalue weighted by molar-refractivity contribution is 5.81. The summed E-state index contributed by atoms with van der Waals surface area (Å²) in [6.07, 6.45) is 7.47. The van der Waals surface area contributed by atoms with Crippen LogP contribution >= 0.6 is 0 Å². The van der Waals surface area contributed by atoms with Crippen molar-refractivity contribution in [2.45, 2.75) is 97.2 Å². The predicted octanol–water partition coefficient (Wildman–Crippen LogP) is 4.97. The molecular weight excluding hydrogens is 472 g/mol. The first kappa shape index (κ1) is 29.5. The molecule has 1 saturated carbocycles. The largest absolute Gasteiger partial charge is 0.533 e. The first-order valence-corrected chi connectivity index (χ1v) is 13.8. The van der Waals surface area contributed by atoms with E-state index in [1.807, 2.05) is 40.7 Å². The van der Waals surface area contributed by atoms with Crippen LogP contribution < -0.4 is 5.73 Å². The van der Waals surface area contributed by atoms with Gasteiger partial charge in [0, 0.05) is 19.3 Å². The molecule has 0 radical (unpaired) electrons. The zero-order chi connectivity index (χ0) is 27.1. The minimum atomic E-state index is -0.820. The Labute approximate surface area is 222 Å². The number of hydrogen-bond acceptors (Lipinski definition) is 7. The maximum absolute atomic E-state index is 12.4. The molecule has 208 valence electrons. The second-order valence-corrected chi connectivity index (χ2v) is 11.9. The van der Waals surface area contributed by atoms with Gasteiger partial charge in [0.25, 0.3) is 5.91 Å². The predicted molar refractivity (Wildman–Crippen MR) is 141 cm³/mol. The van der Waals surface area contributed by atoms with Crippen molar-refractivity contribution in [1.82, 2.24) is 5.06 Å². The van der Waals surface area contributed by atoms with Gasteiger partial charge in [0.2, 0.25) is 0 Å². The third-order valence-corrected chi connectivity index (χ3v) is 7.64. The third-order valence-electron chi connectivity index (χ3n) is 7.64. The summed E-state index contributed by atoms with van der Waals surface area (Å²) in [5.74, 6) is 7.71. The summed E-state index contributed by atoms with van der Waals surface area (Å²) in [5.41, 5.74) is 5.72. The van der Waals surface area contributed by atoms with Gasteiger partial charge in [-0.15, -0.1) is 16.9 Å². The van der Waals surface area contributed by atoms with Crippen LogP contribution in [0.15, 0.2) is 11.8 Å². The van der Waals surface area contributed by atoms with Crippen LogP contribution in [0, 0.1) is 35.5 Å². The monoisotopic (exact) mass is 518 g/mol. The number of rotatable bonds is 13. The molecule has 3 rings (SSSR count). The number of fused-ring (bicyclic) bond motifs is 1. The van der Waals surface area contributed by atoms with Crippen molar-refractivity contribution in [1.29, 1.82) is 0 Å². The number of carbonyl (C=O) groups excluding carboxylic acids is 2. The number of carbonyl (C=O) groups is 2. The summed E-state index contributed by atoms with van der Waals surface area (Å²) in [5, 5.41) is 1.10. The lowest BCUT2D eigenvalue weighted by molar-refractivity contribution is -0.158. The summed E-state index contributed by atoms with van der Waals surface area (Å²) in [4.78, 5) is 30.1. The van der Waals surface area contributed by atoms with E-state index in [-0.39, 0.29) is 23.0 Å². The van der Waals surface area contributed by atoms with Gasteiger partial charge in [0.15, 0.2) is 0 Å². The summed E-state index contributed by atoms with van der Waals surface area (Å²) in [6, 6.07) is 0.